The zero-order valence-electron chi connectivity index (χ0n) is 15.5. The number of rotatable bonds is 1. The Morgan fingerprint density at radius 1 is 1.31 bits per heavy atom. The number of hydrogen-bond acceptors (Lipinski definition) is 6. The number of nitrogens with two attached hydrogens (primary N) is 1. The summed E-state index contributed by atoms with van der Waals surface area (Å²) < 4.78 is 11.2. The van der Waals surface area contributed by atoms with Crippen LogP contribution in [0.3, 0.4) is 0 Å². The van der Waals surface area contributed by atoms with Crippen LogP contribution in [0.1, 0.15) is 40.0 Å². The van der Waals surface area contributed by atoms with Crippen molar-refractivity contribution in [2.24, 2.45) is 0 Å². The number of nitrogens with zero attached hydrogens (tertiary/aromatic N) is 3. The highest BCUT2D eigenvalue weighted by Crippen LogP contribution is 2.35. The molecule has 2 saturated heterocycles. The second kappa shape index (κ2) is 6.66. The molecule has 8 heteroatoms. The van der Waals surface area contributed by atoms with Crippen molar-refractivity contribution in [3.63, 3.8) is 0 Å². The standard InChI is InChI=1S/C18H26N4O4/c1-17(2,3)25-15(23)21-9-4-7-18(8-10-21)12-22(16(24)26-18)13-5-6-14(19)20-11-13/h5-6,11H,4,7-10,12H2,1-3H3,(H2,19,20)/t18-/m1/s1. The van der Waals surface area contributed by atoms with Crippen LogP contribution in [0.2, 0.25) is 0 Å². The van der Waals surface area contributed by atoms with Crippen LogP contribution in [-0.2, 0) is 9.47 Å². The highest BCUT2D eigenvalue weighted by molar-refractivity contribution is 5.90. The summed E-state index contributed by atoms with van der Waals surface area (Å²) in [6.45, 7) is 7.08. The third kappa shape index (κ3) is 4.00. The van der Waals surface area contributed by atoms with E-state index in [4.69, 9.17) is 15.2 Å². The van der Waals surface area contributed by atoms with Crippen molar-refractivity contribution >= 4 is 23.7 Å². The van der Waals surface area contributed by atoms with Gasteiger partial charge in [-0.3, -0.25) is 4.90 Å². The molecule has 142 valence electrons. The van der Waals surface area contributed by atoms with Gasteiger partial charge < -0.3 is 20.1 Å². The van der Waals surface area contributed by atoms with Crippen LogP contribution in [0.5, 0.6) is 0 Å². The minimum atomic E-state index is -0.588. The maximum absolute atomic E-state index is 12.4. The number of carbonyl (C=O) groups is 2. The highest BCUT2D eigenvalue weighted by atomic mass is 16.6. The van der Waals surface area contributed by atoms with E-state index in [9.17, 15) is 9.59 Å². The summed E-state index contributed by atoms with van der Waals surface area (Å²) in [7, 11) is 0. The second-order valence-corrected chi connectivity index (χ2v) is 7.90. The van der Waals surface area contributed by atoms with Gasteiger partial charge in [-0.15, -0.1) is 0 Å². The van der Waals surface area contributed by atoms with Crippen LogP contribution >= 0.6 is 0 Å². The molecule has 0 aromatic carbocycles. The number of anilines is 2. The van der Waals surface area contributed by atoms with E-state index in [-0.39, 0.29) is 12.2 Å². The largest absolute Gasteiger partial charge is 0.444 e. The molecular weight excluding hydrogens is 336 g/mol. The predicted molar refractivity (Wildman–Crippen MR) is 96.9 cm³/mol. The van der Waals surface area contributed by atoms with Crippen molar-refractivity contribution in [3.05, 3.63) is 18.3 Å². The van der Waals surface area contributed by atoms with Gasteiger partial charge in [0.1, 0.15) is 17.0 Å². The van der Waals surface area contributed by atoms with Crippen LogP contribution in [0.4, 0.5) is 21.1 Å². The molecule has 0 unspecified atom stereocenters. The smallest absolute Gasteiger partial charge is 0.415 e. The Morgan fingerprint density at radius 2 is 2.08 bits per heavy atom. The Hall–Kier alpha value is -2.51. The molecule has 0 radical (unpaired) electrons. The number of pyridine rings is 1. The lowest BCUT2D eigenvalue weighted by atomic mass is 9.95. The van der Waals surface area contributed by atoms with Gasteiger partial charge in [0.05, 0.1) is 18.4 Å². The number of amides is 2. The SMILES string of the molecule is CC(C)(C)OC(=O)N1CCC[C@@]2(CC1)CN(c1ccc(N)nc1)C(=O)O2. The van der Waals surface area contributed by atoms with Gasteiger partial charge in [-0.25, -0.2) is 14.6 Å². The van der Waals surface area contributed by atoms with Gasteiger partial charge in [-0.05, 0) is 45.7 Å². The molecule has 1 aromatic rings. The molecule has 8 nitrogen and oxygen atoms in total. The molecule has 0 aliphatic carbocycles. The third-order valence-corrected chi connectivity index (χ3v) is 4.60. The molecule has 0 bridgehead atoms. The van der Waals surface area contributed by atoms with Gasteiger partial charge in [-0.1, -0.05) is 0 Å². The highest BCUT2D eigenvalue weighted by Gasteiger charge is 2.47. The van der Waals surface area contributed by atoms with Gasteiger partial charge in [0.25, 0.3) is 0 Å². The summed E-state index contributed by atoms with van der Waals surface area (Å²) in [6.07, 6.45) is 2.90. The number of ether oxygens (including phenoxy) is 2. The molecule has 3 heterocycles. The second-order valence-electron chi connectivity index (χ2n) is 7.90. The van der Waals surface area contributed by atoms with Crippen molar-refractivity contribution in [2.75, 3.05) is 30.3 Å². The molecule has 0 saturated carbocycles. The number of carbonyl (C=O) groups excluding carboxylic acids is 2. The number of likely N-dealkylation sites (tertiary alicyclic amines) is 1. The molecule has 3 rings (SSSR count). The minimum Gasteiger partial charge on any atom is -0.444 e. The lowest BCUT2D eigenvalue weighted by Crippen LogP contribution is -2.39. The molecule has 2 aliphatic rings. The molecular formula is C18H26N4O4. The summed E-state index contributed by atoms with van der Waals surface area (Å²) in [5, 5.41) is 0. The first-order valence-corrected chi connectivity index (χ1v) is 8.87. The van der Waals surface area contributed by atoms with E-state index in [1.54, 1.807) is 28.1 Å². The zero-order chi connectivity index (χ0) is 18.9. The Balaban J connectivity index is 1.67. The van der Waals surface area contributed by atoms with Crippen molar-refractivity contribution in [1.82, 2.24) is 9.88 Å². The van der Waals surface area contributed by atoms with Crippen LogP contribution < -0.4 is 10.6 Å². The minimum absolute atomic E-state index is 0.321. The zero-order valence-corrected chi connectivity index (χ0v) is 15.5. The van der Waals surface area contributed by atoms with Gasteiger partial charge >= 0.3 is 12.2 Å². The molecule has 26 heavy (non-hydrogen) atoms. The fourth-order valence-corrected chi connectivity index (χ4v) is 3.32. The van der Waals surface area contributed by atoms with Crippen LogP contribution in [0.15, 0.2) is 18.3 Å². The Labute approximate surface area is 153 Å². The average molecular weight is 362 g/mol. The fourth-order valence-electron chi connectivity index (χ4n) is 3.32. The first-order chi connectivity index (χ1) is 12.2. The van der Waals surface area contributed by atoms with Gasteiger partial charge in [-0.2, -0.15) is 0 Å². The first-order valence-electron chi connectivity index (χ1n) is 8.87. The normalized spacial score (nSPS) is 23.7. The van der Waals surface area contributed by atoms with Gasteiger partial charge in [0.2, 0.25) is 0 Å². The molecule has 2 aliphatic heterocycles. The van der Waals surface area contributed by atoms with E-state index in [0.29, 0.717) is 44.0 Å². The summed E-state index contributed by atoms with van der Waals surface area (Å²) in [5.74, 6) is 0.401. The predicted octanol–water partition coefficient (Wildman–Crippen LogP) is 2.78. The van der Waals surface area contributed by atoms with E-state index in [0.717, 1.165) is 6.42 Å². The average Bonchev–Trinajstić information content (AvgIpc) is 2.73. The molecule has 2 fully saturated rings. The fraction of sp³-hybridized carbons (Fsp3) is 0.611. The third-order valence-electron chi connectivity index (χ3n) is 4.60. The summed E-state index contributed by atoms with van der Waals surface area (Å²) in [5.41, 5.74) is 5.15. The van der Waals surface area contributed by atoms with E-state index in [1.165, 1.54) is 0 Å². The van der Waals surface area contributed by atoms with Crippen molar-refractivity contribution < 1.29 is 19.1 Å². The van der Waals surface area contributed by atoms with Crippen molar-refractivity contribution in [1.29, 1.82) is 0 Å². The Morgan fingerprint density at radius 3 is 2.73 bits per heavy atom. The molecule has 1 atom stereocenters. The topological polar surface area (TPSA) is 98.0 Å². The summed E-state index contributed by atoms with van der Waals surface area (Å²) in [6, 6.07) is 3.41. The van der Waals surface area contributed by atoms with E-state index < -0.39 is 11.2 Å². The first kappa shape index (κ1) is 18.3. The maximum atomic E-state index is 12.4. The molecule has 2 N–H and O–H groups in total. The summed E-state index contributed by atoms with van der Waals surface area (Å²) >= 11 is 0. The lowest BCUT2D eigenvalue weighted by Gasteiger charge is -2.27. The van der Waals surface area contributed by atoms with E-state index in [1.807, 2.05) is 20.8 Å². The van der Waals surface area contributed by atoms with Crippen molar-refractivity contribution in [3.8, 4) is 0 Å². The molecule has 1 spiro atoms. The molecule has 1 aromatic heterocycles. The van der Waals surface area contributed by atoms with Crippen LogP contribution in [-0.4, -0.2) is 52.9 Å². The van der Waals surface area contributed by atoms with Gasteiger partial charge in [0.15, 0.2) is 0 Å². The monoisotopic (exact) mass is 362 g/mol. The Bertz CT molecular complexity index is 685. The number of nitrogen functional groups attached to an aromatic ring is 1. The number of hydrogen-bond donors (Lipinski definition) is 1. The van der Waals surface area contributed by atoms with E-state index >= 15 is 0 Å². The Kier molecular flexibility index (Phi) is 4.68. The van der Waals surface area contributed by atoms with Crippen LogP contribution in [0, 0.1) is 0 Å². The maximum Gasteiger partial charge on any atom is 0.415 e. The lowest BCUT2D eigenvalue weighted by molar-refractivity contribution is 0.0217. The number of aromatic nitrogens is 1. The van der Waals surface area contributed by atoms with Crippen molar-refractivity contribution in [2.45, 2.75) is 51.2 Å². The quantitative estimate of drug-likeness (QED) is 0.825. The van der Waals surface area contributed by atoms with Crippen LogP contribution in [0.25, 0.3) is 0 Å². The molecule has 2 amide bonds. The van der Waals surface area contributed by atoms with E-state index in [2.05, 4.69) is 4.98 Å². The van der Waals surface area contributed by atoms with Gasteiger partial charge in [0, 0.05) is 19.5 Å². The summed E-state index contributed by atoms with van der Waals surface area (Å²) in [4.78, 5) is 32.0.